The summed E-state index contributed by atoms with van der Waals surface area (Å²) in [6.45, 7) is 0. The summed E-state index contributed by atoms with van der Waals surface area (Å²) in [5.41, 5.74) is 13.8. The molecule has 56 heavy (non-hydrogen) atoms. The maximum atomic E-state index is 5.07. The smallest absolute Gasteiger partial charge is 0.160 e. The summed E-state index contributed by atoms with van der Waals surface area (Å²) < 4.78 is 4.64. The Hall–Kier alpha value is -7.63. The highest BCUT2D eigenvalue weighted by molar-refractivity contribution is 6.17. The third-order valence-electron chi connectivity index (χ3n) is 10.8. The van der Waals surface area contributed by atoms with Gasteiger partial charge in [0.2, 0.25) is 0 Å². The van der Waals surface area contributed by atoms with Gasteiger partial charge in [0.05, 0.1) is 27.9 Å². The molecular weight excluding hydrogens is 683 g/mol. The molecule has 0 atom stereocenters. The maximum absolute atomic E-state index is 5.07. The molecule has 0 fully saturated rings. The molecule has 4 heterocycles. The summed E-state index contributed by atoms with van der Waals surface area (Å²) >= 11 is 0. The van der Waals surface area contributed by atoms with Crippen LogP contribution in [0.15, 0.2) is 200 Å². The van der Waals surface area contributed by atoms with Crippen LogP contribution in [0.2, 0.25) is 0 Å². The van der Waals surface area contributed by atoms with Crippen molar-refractivity contribution in [3.05, 3.63) is 200 Å². The lowest BCUT2D eigenvalue weighted by atomic mass is 9.98. The number of aromatic nitrogens is 5. The van der Waals surface area contributed by atoms with Gasteiger partial charge in [0.1, 0.15) is 5.65 Å². The van der Waals surface area contributed by atoms with Crippen LogP contribution in [0.3, 0.4) is 0 Å². The Bertz CT molecular complexity index is 3160. The van der Waals surface area contributed by atoms with Crippen LogP contribution in [0.1, 0.15) is 0 Å². The lowest BCUT2D eigenvalue weighted by molar-refractivity contribution is 1.14. The van der Waals surface area contributed by atoms with E-state index in [1.54, 1.807) is 0 Å². The van der Waals surface area contributed by atoms with Crippen molar-refractivity contribution in [2.24, 2.45) is 0 Å². The van der Waals surface area contributed by atoms with Gasteiger partial charge in [-0.25, -0.2) is 15.0 Å². The van der Waals surface area contributed by atoms with Crippen LogP contribution in [0.4, 0.5) is 0 Å². The fourth-order valence-electron chi connectivity index (χ4n) is 8.24. The molecule has 262 valence electrons. The lowest BCUT2D eigenvalue weighted by Gasteiger charge is -2.12. The Kier molecular flexibility index (Phi) is 7.42. The minimum absolute atomic E-state index is 0.708. The first-order valence-corrected chi connectivity index (χ1v) is 18.9. The minimum atomic E-state index is 0.708. The van der Waals surface area contributed by atoms with Crippen molar-refractivity contribution < 1.29 is 0 Å². The van der Waals surface area contributed by atoms with Gasteiger partial charge >= 0.3 is 0 Å². The Morgan fingerprint density at radius 1 is 0.357 bits per heavy atom. The van der Waals surface area contributed by atoms with Crippen LogP contribution in [0, 0.1) is 0 Å². The molecule has 7 aromatic carbocycles. The number of hydrogen-bond acceptors (Lipinski definition) is 3. The molecule has 11 rings (SSSR count). The zero-order chi connectivity index (χ0) is 37.0. The van der Waals surface area contributed by atoms with Crippen LogP contribution in [-0.4, -0.2) is 24.1 Å². The second kappa shape index (κ2) is 13.0. The number of fused-ring (bicyclic) bond motifs is 6. The van der Waals surface area contributed by atoms with Crippen LogP contribution in [0.25, 0.3) is 100 Å². The Morgan fingerprint density at radius 2 is 0.946 bits per heavy atom. The van der Waals surface area contributed by atoms with Crippen LogP contribution in [0.5, 0.6) is 0 Å². The molecule has 0 unspecified atom stereocenters. The van der Waals surface area contributed by atoms with Crippen molar-refractivity contribution in [3.8, 4) is 56.4 Å². The van der Waals surface area contributed by atoms with Gasteiger partial charge in [0, 0.05) is 55.8 Å². The maximum Gasteiger partial charge on any atom is 0.160 e. The van der Waals surface area contributed by atoms with Gasteiger partial charge in [-0.05, 0) is 77.9 Å². The normalized spacial score (nSPS) is 11.6. The summed E-state index contributed by atoms with van der Waals surface area (Å²) in [5.74, 6) is 0.708. The van der Waals surface area contributed by atoms with Crippen molar-refractivity contribution in [2.45, 2.75) is 0 Å². The molecular formula is C51H33N5. The highest BCUT2D eigenvalue weighted by Gasteiger charge is 2.19. The van der Waals surface area contributed by atoms with Crippen molar-refractivity contribution in [2.75, 3.05) is 0 Å². The van der Waals surface area contributed by atoms with Gasteiger partial charge in [-0.15, -0.1) is 0 Å². The third-order valence-corrected chi connectivity index (χ3v) is 10.8. The van der Waals surface area contributed by atoms with E-state index in [0.717, 1.165) is 67.0 Å². The number of rotatable bonds is 6. The largest absolute Gasteiger partial charge is 0.309 e. The SMILES string of the molecule is c1ccc(-c2cc(-c3ccc(-n4c5ccccc5c5c(-c6ccc7c(c6)c6cccnc6n7-c6ccccc6)cccc54)cc3)nc(-c3ccccc3)n2)cc1. The predicted octanol–water partition coefficient (Wildman–Crippen LogP) is 12.7. The number of nitrogens with zero attached hydrogens (tertiary/aromatic N) is 5. The first-order valence-electron chi connectivity index (χ1n) is 18.9. The van der Waals surface area contributed by atoms with E-state index in [1.807, 2.05) is 48.7 Å². The zero-order valence-electron chi connectivity index (χ0n) is 30.3. The van der Waals surface area contributed by atoms with Crippen LogP contribution >= 0.6 is 0 Å². The monoisotopic (exact) mass is 715 g/mol. The summed E-state index contributed by atoms with van der Waals surface area (Å²) in [6, 6.07) is 68.3. The molecule has 0 spiro atoms. The minimum Gasteiger partial charge on any atom is -0.309 e. The first-order chi connectivity index (χ1) is 27.8. The van der Waals surface area contributed by atoms with Crippen LogP contribution < -0.4 is 0 Å². The Labute approximate surface area is 323 Å². The molecule has 0 aliphatic rings. The van der Waals surface area contributed by atoms with E-state index in [9.17, 15) is 0 Å². The quantitative estimate of drug-likeness (QED) is 0.172. The Balaban J connectivity index is 1.05. The summed E-state index contributed by atoms with van der Waals surface area (Å²) in [6.07, 6.45) is 1.88. The molecule has 0 amide bonds. The molecule has 4 aromatic heterocycles. The van der Waals surface area contributed by atoms with Crippen molar-refractivity contribution >= 4 is 43.7 Å². The highest BCUT2D eigenvalue weighted by Crippen LogP contribution is 2.41. The molecule has 0 aliphatic carbocycles. The topological polar surface area (TPSA) is 48.5 Å². The van der Waals surface area contributed by atoms with E-state index < -0.39 is 0 Å². The third kappa shape index (κ3) is 5.21. The molecule has 5 heteroatoms. The summed E-state index contributed by atoms with van der Waals surface area (Å²) in [5, 5.41) is 4.76. The van der Waals surface area contributed by atoms with Crippen molar-refractivity contribution in [1.29, 1.82) is 0 Å². The molecule has 0 N–H and O–H groups in total. The van der Waals surface area contributed by atoms with E-state index in [2.05, 4.69) is 161 Å². The van der Waals surface area contributed by atoms with Gasteiger partial charge in [-0.3, -0.25) is 4.57 Å². The highest BCUT2D eigenvalue weighted by atomic mass is 15.0. The molecule has 0 aliphatic heterocycles. The predicted molar refractivity (Wildman–Crippen MR) is 230 cm³/mol. The fraction of sp³-hybridized carbons (Fsp3) is 0. The number of pyridine rings is 1. The molecule has 11 aromatic rings. The van der Waals surface area contributed by atoms with E-state index in [4.69, 9.17) is 15.0 Å². The van der Waals surface area contributed by atoms with Gasteiger partial charge in [0.25, 0.3) is 0 Å². The number of hydrogen-bond donors (Lipinski definition) is 0. The first kappa shape index (κ1) is 31.9. The average Bonchev–Trinajstić information content (AvgIpc) is 3.80. The van der Waals surface area contributed by atoms with Crippen LogP contribution in [-0.2, 0) is 0 Å². The zero-order valence-corrected chi connectivity index (χ0v) is 30.3. The molecule has 0 radical (unpaired) electrons. The van der Waals surface area contributed by atoms with E-state index in [0.29, 0.717) is 5.82 Å². The van der Waals surface area contributed by atoms with Gasteiger partial charge in [0.15, 0.2) is 5.82 Å². The molecule has 0 saturated heterocycles. The Morgan fingerprint density at radius 3 is 1.71 bits per heavy atom. The lowest BCUT2D eigenvalue weighted by Crippen LogP contribution is -1.97. The summed E-state index contributed by atoms with van der Waals surface area (Å²) in [7, 11) is 0. The number of benzene rings is 7. The average molecular weight is 716 g/mol. The van der Waals surface area contributed by atoms with E-state index in [-0.39, 0.29) is 0 Å². The number of para-hydroxylation sites is 2. The van der Waals surface area contributed by atoms with Gasteiger partial charge in [-0.2, -0.15) is 0 Å². The van der Waals surface area contributed by atoms with Gasteiger partial charge < -0.3 is 4.57 Å². The molecule has 0 saturated carbocycles. The van der Waals surface area contributed by atoms with Crippen molar-refractivity contribution in [1.82, 2.24) is 24.1 Å². The summed E-state index contributed by atoms with van der Waals surface area (Å²) in [4.78, 5) is 14.9. The second-order valence-corrected chi connectivity index (χ2v) is 14.1. The van der Waals surface area contributed by atoms with E-state index in [1.165, 1.54) is 27.3 Å². The second-order valence-electron chi connectivity index (χ2n) is 14.1. The van der Waals surface area contributed by atoms with Gasteiger partial charge in [-0.1, -0.05) is 127 Å². The van der Waals surface area contributed by atoms with E-state index >= 15 is 0 Å². The molecule has 5 nitrogen and oxygen atoms in total. The standard InChI is InChI=1S/C51H33N5/c1-4-14-34(15-5-1)44-33-45(54-50(53-44)36-16-6-2-7-17-36)35-25-28-39(29-26-35)55-46-23-11-10-20-42(46)49-40(21-12-24-48(49)55)37-27-30-47-43(32-37)41-22-13-31-52-51(41)56(47)38-18-8-3-9-19-38/h1-33H. The van der Waals surface area contributed by atoms with Crippen molar-refractivity contribution in [3.63, 3.8) is 0 Å². The fourth-order valence-corrected chi connectivity index (χ4v) is 8.24. The molecule has 0 bridgehead atoms.